The summed E-state index contributed by atoms with van der Waals surface area (Å²) in [5.74, 6) is 2.28. The van der Waals surface area contributed by atoms with E-state index in [0.29, 0.717) is 19.0 Å². The Morgan fingerprint density at radius 1 is 1.35 bits per heavy atom. The van der Waals surface area contributed by atoms with Crippen molar-refractivity contribution in [1.82, 2.24) is 9.97 Å². The van der Waals surface area contributed by atoms with Gasteiger partial charge in [-0.2, -0.15) is 0 Å². The fraction of sp³-hybridized carbons (Fsp3) is 0.667. The Bertz CT molecular complexity index is 354. The van der Waals surface area contributed by atoms with Crippen LogP contribution in [0.25, 0.3) is 0 Å². The summed E-state index contributed by atoms with van der Waals surface area (Å²) >= 11 is 0. The largest absolute Gasteiger partial charge is 0.384 e. The number of hydrogen-bond acceptors (Lipinski definition) is 5. The van der Waals surface area contributed by atoms with Gasteiger partial charge < -0.3 is 15.8 Å². The number of nitrogens with two attached hydrogens (primary N) is 1. The van der Waals surface area contributed by atoms with Crippen molar-refractivity contribution in [2.75, 3.05) is 24.2 Å². The van der Waals surface area contributed by atoms with Crippen LogP contribution in [0.5, 0.6) is 0 Å². The van der Waals surface area contributed by atoms with Gasteiger partial charge >= 0.3 is 0 Å². The fourth-order valence-corrected chi connectivity index (χ4v) is 1.43. The zero-order valence-corrected chi connectivity index (χ0v) is 11.0. The first-order valence-corrected chi connectivity index (χ1v) is 6.02. The van der Waals surface area contributed by atoms with E-state index in [0.717, 1.165) is 11.6 Å². The van der Waals surface area contributed by atoms with E-state index >= 15 is 0 Å². The van der Waals surface area contributed by atoms with Crippen LogP contribution in [0.3, 0.4) is 0 Å². The van der Waals surface area contributed by atoms with Gasteiger partial charge in [0.1, 0.15) is 17.5 Å². The van der Waals surface area contributed by atoms with Crippen molar-refractivity contribution in [2.24, 2.45) is 0 Å². The molecule has 0 bridgehead atoms. The van der Waals surface area contributed by atoms with Gasteiger partial charge in [0.25, 0.3) is 0 Å². The average molecular weight is 238 g/mol. The molecular weight excluding hydrogens is 216 g/mol. The number of aromatic nitrogens is 2. The lowest BCUT2D eigenvalue weighted by Gasteiger charge is -2.14. The molecule has 1 unspecified atom stereocenters. The summed E-state index contributed by atoms with van der Waals surface area (Å²) in [5.41, 5.74) is 5.74. The van der Waals surface area contributed by atoms with Gasteiger partial charge in [-0.3, -0.25) is 0 Å². The third-order valence-electron chi connectivity index (χ3n) is 2.30. The normalized spacial score (nSPS) is 12.8. The summed E-state index contributed by atoms with van der Waals surface area (Å²) in [5, 5.41) is 3.21. The van der Waals surface area contributed by atoms with Crippen molar-refractivity contribution < 1.29 is 4.74 Å². The lowest BCUT2D eigenvalue weighted by Crippen LogP contribution is -2.20. The Morgan fingerprint density at radius 3 is 2.65 bits per heavy atom. The molecule has 1 atom stereocenters. The summed E-state index contributed by atoms with van der Waals surface area (Å²) in [7, 11) is 0. The highest BCUT2D eigenvalue weighted by Gasteiger charge is 2.07. The molecule has 5 heteroatoms. The zero-order chi connectivity index (χ0) is 12.8. The number of nitrogen functional groups attached to an aromatic ring is 1. The molecule has 0 saturated heterocycles. The molecular formula is C12H22N4O. The van der Waals surface area contributed by atoms with Gasteiger partial charge in [0.15, 0.2) is 0 Å². The molecule has 5 nitrogen and oxygen atoms in total. The Labute approximate surface area is 103 Å². The summed E-state index contributed by atoms with van der Waals surface area (Å²) in [6.07, 6.45) is 0.152. The van der Waals surface area contributed by atoms with E-state index in [4.69, 9.17) is 10.5 Å². The molecule has 0 saturated carbocycles. The summed E-state index contributed by atoms with van der Waals surface area (Å²) in [4.78, 5) is 8.60. The van der Waals surface area contributed by atoms with Crippen LogP contribution in [0.1, 0.15) is 39.4 Å². The second-order valence-corrected chi connectivity index (χ2v) is 4.34. The molecule has 0 amide bonds. The molecule has 0 aromatic carbocycles. The lowest BCUT2D eigenvalue weighted by molar-refractivity contribution is 0.0855. The molecule has 0 radical (unpaired) electrons. The maximum absolute atomic E-state index is 5.74. The highest BCUT2D eigenvalue weighted by Crippen LogP contribution is 2.14. The van der Waals surface area contributed by atoms with Crippen LogP contribution in [0.4, 0.5) is 11.6 Å². The van der Waals surface area contributed by atoms with Gasteiger partial charge in [0, 0.05) is 25.1 Å². The molecule has 0 spiro atoms. The predicted molar refractivity (Wildman–Crippen MR) is 70.1 cm³/mol. The van der Waals surface area contributed by atoms with Gasteiger partial charge in [-0.15, -0.1) is 0 Å². The molecule has 96 valence electrons. The maximum Gasteiger partial charge on any atom is 0.135 e. The smallest absolute Gasteiger partial charge is 0.135 e. The molecule has 1 heterocycles. The van der Waals surface area contributed by atoms with Crippen LogP contribution in [-0.4, -0.2) is 29.2 Å². The van der Waals surface area contributed by atoms with Crippen LogP contribution in [0, 0.1) is 0 Å². The summed E-state index contributed by atoms with van der Waals surface area (Å²) in [6, 6.07) is 1.74. The molecule has 1 rings (SSSR count). The van der Waals surface area contributed by atoms with E-state index in [1.54, 1.807) is 6.07 Å². The highest BCUT2D eigenvalue weighted by molar-refractivity contribution is 5.44. The van der Waals surface area contributed by atoms with Crippen molar-refractivity contribution in [3.63, 3.8) is 0 Å². The summed E-state index contributed by atoms with van der Waals surface area (Å²) < 4.78 is 5.43. The number of ether oxygens (including phenoxy) is 1. The van der Waals surface area contributed by atoms with Crippen LogP contribution >= 0.6 is 0 Å². The van der Waals surface area contributed by atoms with Crippen LogP contribution < -0.4 is 11.1 Å². The molecule has 1 aromatic heterocycles. The van der Waals surface area contributed by atoms with Gasteiger partial charge in [0.05, 0.1) is 6.10 Å². The van der Waals surface area contributed by atoms with E-state index in [1.165, 1.54) is 0 Å². The molecule has 17 heavy (non-hydrogen) atoms. The van der Waals surface area contributed by atoms with Gasteiger partial charge in [0.2, 0.25) is 0 Å². The lowest BCUT2D eigenvalue weighted by atomic mass is 10.2. The number of hydrogen-bond donors (Lipinski definition) is 2. The minimum Gasteiger partial charge on any atom is -0.384 e. The summed E-state index contributed by atoms with van der Waals surface area (Å²) in [6.45, 7) is 9.51. The molecule has 0 aliphatic rings. The standard InChI is InChI=1S/C12H22N4O/c1-5-17-9(4)7-14-11-6-10(13)15-12(16-11)8(2)3/h6,8-9H,5,7H2,1-4H3,(H3,13,14,15,16). The van der Waals surface area contributed by atoms with E-state index in [1.807, 2.05) is 27.7 Å². The number of rotatable bonds is 6. The molecule has 0 aliphatic carbocycles. The second kappa shape index (κ2) is 6.39. The Hall–Kier alpha value is -1.36. The minimum atomic E-state index is 0.152. The van der Waals surface area contributed by atoms with E-state index in [-0.39, 0.29) is 12.0 Å². The van der Waals surface area contributed by atoms with Crippen LogP contribution in [0.15, 0.2) is 6.07 Å². The third-order valence-corrected chi connectivity index (χ3v) is 2.30. The second-order valence-electron chi connectivity index (χ2n) is 4.34. The Balaban J connectivity index is 2.64. The van der Waals surface area contributed by atoms with E-state index in [9.17, 15) is 0 Å². The maximum atomic E-state index is 5.74. The average Bonchev–Trinajstić information content (AvgIpc) is 2.26. The number of nitrogens with zero attached hydrogens (tertiary/aromatic N) is 2. The van der Waals surface area contributed by atoms with E-state index in [2.05, 4.69) is 15.3 Å². The minimum absolute atomic E-state index is 0.152. The van der Waals surface area contributed by atoms with E-state index < -0.39 is 0 Å². The van der Waals surface area contributed by atoms with Crippen molar-refractivity contribution in [3.05, 3.63) is 11.9 Å². The Morgan fingerprint density at radius 2 is 2.06 bits per heavy atom. The van der Waals surface area contributed by atoms with Crippen LogP contribution in [-0.2, 0) is 4.74 Å². The highest BCUT2D eigenvalue weighted by atomic mass is 16.5. The van der Waals surface area contributed by atoms with Gasteiger partial charge in [-0.05, 0) is 13.8 Å². The van der Waals surface area contributed by atoms with Crippen molar-refractivity contribution in [1.29, 1.82) is 0 Å². The quantitative estimate of drug-likeness (QED) is 0.793. The topological polar surface area (TPSA) is 73.1 Å². The third kappa shape index (κ3) is 4.56. The van der Waals surface area contributed by atoms with Gasteiger partial charge in [-0.1, -0.05) is 13.8 Å². The van der Waals surface area contributed by atoms with Crippen molar-refractivity contribution in [2.45, 2.75) is 39.7 Å². The molecule has 1 aromatic rings. The molecule has 0 aliphatic heterocycles. The molecule has 0 fully saturated rings. The number of nitrogens with one attached hydrogen (secondary N) is 1. The SMILES string of the molecule is CCOC(C)CNc1cc(N)nc(C(C)C)n1. The first kappa shape index (κ1) is 13.7. The van der Waals surface area contributed by atoms with Gasteiger partial charge in [-0.25, -0.2) is 9.97 Å². The Kier molecular flexibility index (Phi) is 5.15. The van der Waals surface area contributed by atoms with Crippen molar-refractivity contribution >= 4 is 11.6 Å². The monoisotopic (exact) mass is 238 g/mol. The van der Waals surface area contributed by atoms with Crippen molar-refractivity contribution in [3.8, 4) is 0 Å². The first-order chi connectivity index (χ1) is 8.02. The van der Waals surface area contributed by atoms with Crippen LogP contribution in [0.2, 0.25) is 0 Å². The number of anilines is 2. The zero-order valence-electron chi connectivity index (χ0n) is 11.0. The first-order valence-electron chi connectivity index (χ1n) is 6.02. The molecule has 3 N–H and O–H groups in total. The fourth-order valence-electron chi connectivity index (χ4n) is 1.43. The predicted octanol–water partition coefficient (Wildman–Crippen LogP) is 2.02.